The topological polar surface area (TPSA) is 58.6 Å². The highest BCUT2D eigenvalue weighted by Gasteiger charge is 2.26. The minimum Gasteiger partial charge on any atom is -0.468 e. The quantitative estimate of drug-likeness (QED) is 0.561. The molecule has 1 N–H and O–H groups in total. The first-order valence-corrected chi connectivity index (χ1v) is 4.23. The van der Waals surface area contributed by atoms with Gasteiger partial charge in [0.15, 0.2) is 0 Å². The van der Waals surface area contributed by atoms with Crippen LogP contribution in [0.25, 0.3) is 0 Å². The van der Waals surface area contributed by atoms with E-state index < -0.39 is 0 Å². The van der Waals surface area contributed by atoms with Crippen LogP contribution in [0, 0.1) is 0 Å². The number of carbonyl (C=O) groups excluding carboxylic acids is 2. The fourth-order valence-electron chi connectivity index (χ4n) is 1.28. The number of amides is 1. The molecule has 0 aromatic carbocycles. The van der Waals surface area contributed by atoms with Gasteiger partial charge in [-0.1, -0.05) is 0 Å². The van der Waals surface area contributed by atoms with Gasteiger partial charge in [0.1, 0.15) is 0 Å². The number of methoxy groups -OCH3 is 1. The van der Waals surface area contributed by atoms with Crippen molar-refractivity contribution in [3.05, 3.63) is 0 Å². The maximum absolute atomic E-state index is 11.2. The zero-order valence-corrected chi connectivity index (χ0v) is 7.87. The van der Waals surface area contributed by atoms with E-state index in [0.717, 1.165) is 0 Å². The molecule has 1 fully saturated rings. The van der Waals surface area contributed by atoms with Crippen LogP contribution in [0.3, 0.4) is 0 Å². The Hall–Kier alpha value is -1.10. The second kappa shape index (κ2) is 4.23. The van der Waals surface area contributed by atoms with Crippen LogP contribution in [-0.4, -0.2) is 49.6 Å². The van der Waals surface area contributed by atoms with Gasteiger partial charge >= 0.3 is 5.97 Å². The highest BCUT2D eigenvalue weighted by atomic mass is 16.5. The number of esters is 1. The van der Waals surface area contributed by atoms with Crippen LogP contribution in [0.4, 0.5) is 0 Å². The fourth-order valence-corrected chi connectivity index (χ4v) is 1.28. The normalized spacial score (nSPS) is 23.8. The summed E-state index contributed by atoms with van der Waals surface area (Å²) in [6.45, 7) is 3.25. The van der Waals surface area contributed by atoms with Gasteiger partial charge in [0.2, 0.25) is 5.91 Å². The van der Waals surface area contributed by atoms with E-state index in [0.29, 0.717) is 13.1 Å². The van der Waals surface area contributed by atoms with Crippen LogP contribution in [0.5, 0.6) is 0 Å². The maximum atomic E-state index is 11.2. The lowest BCUT2D eigenvalue weighted by Crippen LogP contribution is -2.55. The van der Waals surface area contributed by atoms with Crippen molar-refractivity contribution < 1.29 is 14.3 Å². The molecular weight excluding hydrogens is 172 g/mol. The molecule has 1 rings (SSSR count). The highest BCUT2D eigenvalue weighted by molar-refractivity contribution is 5.83. The molecule has 0 aromatic heterocycles. The van der Waals surface area contributed by atoms with Crippen molar-refractivity contribution in [3.63, 3.8) is 0 Å². The predicted molar refractivity (Wildman–Crippen MR) is 46.1 cm³/mol. The zero-order chi connectivity index (χ0) is 9.84. The van der Waals surface area contributed by atoms with Crippen molar-refractivity contribution in [1.82, 2.24) is 10.2 Å². The van der Waals surface area contributed by atoms with Crippen molar-refractivity contribution in [2.24, 2.45) is 0 Å². The molecule has 0 spiro atoms. The van der Waals surface area contributed by atoms with Crippen LogP contribution in [0.1, 0.15) is 6.92 Å². The average Bonchev–Trinajstić information content (AvgIpc) is 2.13. The van der Waals surface area contributed by atoms with E-state index in [1.807, 2.05) is 0 Å². The Bertz CT molecular complexity index is 217. The van der Waals surface area contributed by atoms with Crippen molar-refractivity contribution in [2.45, 2.75) is 13.0 Å². The van der Waals surface area contributed by atoms with E-state index in [9.17, 15) is 9.59 Å². The molecule has 1 unspecified atom stereocenters. The van der Waals surface area contributed by atoms with Crippen molar-refractivity contribution in [1.29, 1.82) is 0 Å². The summed E-state index contributed by atoms with van der Waals surface area (Å²) in [6.07, 6.45) is 0. The molecule has 0 aliphatic carbocycles. The highest BCUT2D eigenvalue weighted by Crippen LogP contribution is 2.02. The number of piperazine rings is 1. The minimum atomic E-state index is -0.304. The summed E-state index contributed by atoms with van der Waals surface area (Å²) in [7, 11) is 1.34. The molecule has 74 valence electrons. The molecule has 1 heterocycles. The number of nitrogens with one attached hydrogen (secondary N) is 1. The Balaban J connectivity index is 2.48. The smallest absolute Gasteiger partial charge is 0.319 e. The van der Waals surface area contributed by atoms with Gasteiger partial charge < -0.3 is 10.1 Å². The minimum absolute atomic E-state index is 0.0323. The molecule has 0 saturated carbocycles. The molecule has 1 amide bonds. The van der Waals surface area contributed by atoms with Gasteiger partial charge in [-0.2, -0.15) is 0 Å². The molecule has 5 nitrogen and oxygen atoms in total. The molecule has 1 aliphatic rings. The number of hydrogen-bond acceptors (Lipinski definition) is 4. The van der Waals surface area contributed by atoms with Crippen molar-refractivity contribution in [2.75, 3.05) is 26.7 Å². The van der Waals surface area contributed by atoms with Crippen LogP contribution in [-0.2, 0) is 14.3 Å². The number of rotatable bonds is 2. The van der Waals surface area contributed by atoms with E-state index in [1.165, 1.54) is 7.11 Å². The van der Waals surface area contributed by atoms with Crippen LogP contribution >= 0.6 is 0 Å². The molecule has 1 atom stereocenters. The molecule has 5 heteroatoms. The van der Waals surface area contributed by atoms with E-state index in [1.54, 1.807) is 11.8 Å². The van der Waals surface area contributed by atoms with Gasteiger partial charge in [0, 0.05) is 13.1 Å². The standard InChI is InChI=1S/C8H14N2O3/c1-6-8(12)9-3-4-10(6)5-7(11)13-2/h6H,3-5H2,1-2H3,(H,9,12). The third kappa shape index (κ3) is 2.42. The average molecular weight is 186 g/mol. The lowest BCUT2D eigenvalue weighted by atomic mass is 10.2. The van der Waals surface area contributed by atoms with Crippen molar-refractivity contribution >= 4 is 11.9 Å². The molecule has 13 heavy (non-hydrogen) atoms. The van der Waals surface area contributed by atoms with E-state index >= 15 is 0 Å². The monoisotopic (exact) mass is 186 g/mol. The Labute approximate surface area is 77.0 Å². The molecule has 0 bridgehead atoms. The summed E-state index contributed by atoms with van der Waals surface area (Å²) < 4.78 is 4.52. The lowest BCUT2D eigenvalue weighted by Gasteiger charge is -2.31. The molecular formula is C8H14N2O3. The third-order valence-corrected chi connectivity index (χ3v) is 2.19. The second-order valence-electron chi connectivity index (χ2n) is 3.01. The number of ether oxygens (including phenoxy) is 1. The number of nitrogens with zero attached hydrogens (tertiary/aromatic N) is 1. The van der Waals surface area contributed by atoms with E-state index in [2.05, 4.69) is 10.1 Å². The summed E-state index contributed by atoms with van der Waals surface area (Å²) in [4.78, 5) is 23.9. The van der Waals surface area contributed by atoms with Crippen LogP contribution in [0.15, 0.2) is 0 Å². The van der Waals surface area contributed by atoms with Gasteiger partial charge in [-0.25, -0.2) is 0 Å². The first-order valence-electron chi connectivity index (χ1n) is 4.23. The van der Waals surface area contributed by atoms with Crippen molar-refractivity contribution in [3.8, 4) is 0 Å². The third-order valence-electron chi connectivity index (χ3n) is 2.19. The van der Waals surface area contributed by atoms with Gasteiger partial charge in [0.05, 0.1) is 19.7 Å². The Morgan fingerprint density at radius 1 is 1.77 bits per heavy atom. The Morgan fingerprint density at radius 3 is 3.08 bits per heavy atom. The first-order chi connectivity index (χ1) is 6.15. The summed E-state index contributed by atoms with van der Waals surface area (Å²) >= 11 is 0. The van der Waals surface area contributed by atoms with Gasteiger partial charge in [-0.15, -0.1) is 0 Å². The first kappa shape index (κ1) is 9.98. The molecule has 0 radical (unpaired) electrons. The van der Waals surface area contributed by atoms with Crippen LogP contribution < -0.4 is 5.32 Å². The van der Waals surface area contributed by atoms with E-state index in [-0.39, 0.29) is 24.5 Å². The number of hydrogen-bond donors (Lipinski definition) is 1. The molecule has 1 saturated heterocycles. The largest absolute Gasteiger partial charge is 0.468 e. The Kier molecular flexibility index (Phi) is 3.25. The molecule has 1 aliphatic heterocycles. The Morgan fingerprint density at radius 2 is 2.46 bits per heavy atom. The van der Waals surface area contributed by atoms with Gasteiger partial charge in [-0.05, 0) is 6.92 Å². The maximum Gasteiger partial charge on any atom is 0.319 e. The van der Waals surface area contributed by atoms with E-state index in [4.69, 9.17) is 0 Å². The fraction of sp³-hybridized carbons (Fsp3) is 0.750. The summed E-state index contributed by atoms with van der Waals surface area (Å²) in [5.74, 6) is -0.336. The predicted octanol–water partition coefficient (Wildman–Crippen LogP) is -1.02. The summed E-state index contributed by atoms with van der Waals surface area (Å²) in [6, 6.07) is -0.243. The summed E-state index contributed by atoms with van der Waals surface area (Å²) in [5, 5.41) is 2.72. The zero-order valence-electron chi connectivity index (χ0n) is 7.87. The lowest BCUT2D eigenvalue weighted by molar-refractivity contribution is -0.144. The summed E-state index contributed by atoms with van der Waals surface area (Å²) in [5.41, 5.74) is 0. The second-order valence-corrected chi connectivity index (χ2v) is 3.01. The van der Waals surface area contributed by atoms with Crippen LogP contribution in [0.2, 0.25) is 0 Å². The molecule has 0 aromatic rings. The number of carbonyl (C=O) groups is 2. The van der Waals surface area contributed by atoms with Gasteiger partial charge in [0.25, 0.3) is 0 Å². The SMILES string of the molecule is COC(=O)CN1CCNC(=O)C1C. The van der Waals surface area contributed by atoms with Gasteiger partial charge in [-0.3, -0.25) is 14.5 Å².